The van der Waals surface area contributed by atoms with Gasteiger partial charge in [0.2, 0.25) is 5.91 Å². The minimum absolute atomic E-state index is 0.225. The van der Waals surface area contributed by atoms with Gasteiger partial charge >= 0.3 is 6.03 Å². The normalized spacial score (nSPS) is 22.7. The summed E-state index contributed by atoms with van der Waals surface area (Å²) in [6.07, 6.45) is 0.225. The number of carbonyl (C=O) groups excluding carboxylic acids is 3. The molecule has 9 nitrogen and oxygen atoms in total. The number of methoxy groups -OCH3 is 1. The highest BCUT2D eigenvalue weighted by Crippen LogP contribution is 2.29. The number of urea groups is 1. The third kappa shape index (κ3) is 5.63. The minimum Gasteiger partial charge on any atom is -0.497 e. The van der Waals surface area contributed by atoms with E-state index in [9.17, 15) is 14.4 Å². The Kier molecular flexibility index (Phi) is 7.37. The van der Waals surface area contributed by atoms with Crippen LogP contribution in [0.15, 0.2) is 48.5 Å². The number of nitrogens with zero attached hydrogens (tertiary/aromatic N) is 2. The standard InChI is InChI=1S/C26H32N4O5/c1-18-15-29(11-12-35-18)16-20-6-4-5-19(13-20)14-27-23(31)17-30-24(32)26(2,28-25(30)33)21-7-9-22(34-3)10-8-21/h4-10,13,18H,11-12,14-17H2,1-3H3,(H,27,31)(H,28,33). The van der Waals surface area contributed by atoms with Gasteiger partial charge in [0, 0.05) is 26.2 Å². The maximum Gasteiger partial charge on any atom is 0.325 e. The molecule has 2 saturated heterocycles. The molecule has 0 aliphatic carbocycles. The van der Waals surface area contributed by atoms with Crippen LogP contribution >= 0.6 is 0 Å². The van der Waals surface area contributed by atoms with Gasteiger partial charge in [-0.1, -0.05) is 36.4 Å². The van der Waals surface area contributed by atoms with Gasteiger partial charge in [-0.05, 0) is 42.7 Å². The number of morpholine rings is 1. The topological polar surface area (TPSA) is 100 Å². The third-order valence-electron chi connectivity index (χ3n) is 6.46. The molecule has 0 spiro atoms. The van der Waals surface area contributed by atoms with Crippen molar-refractivity contribution in [2.75, 3.05) is 33.4 Å². The lowest BCUT2D eigenvalue weighted by atomic mass is 9.92. The smallest absolute Gasteiger partial charge is 0.325 e. The predicted molar refractivity (Wildman–Crippen MR) is 130 cm³/mol. The summed E-state index contributed by atoms with van der Waals surface area (Å²) in [7, 11) is 1.56. The predicted octanol–water partition coefficient (Wildman–Crippen LogP) is 2.00. The first-order chi connectivity index (χ1) is 16.8. The average molecular weight is 481 g/mol. The van der Waals surface area contributed by atoms with Crippen molar-refractivity contribution in [3.05, 3.63) is 65.2 Å². The zero-order valence-electron chi connectivity index (χ0n) is 20.4. The van der Waals surface area contributed by atoms with Gasteiger partial charge in [-0.15, -0.1) is 0 Å². The van der Waals surface area contributed by atoms with Crippen molar-refractivity contribution in [3.8, 4) is 5.75 Å². The van der Waals surface area contributed by atoms with Crippen molar-refractivity contribution in [1.29, 1.82) is 0 Å². The molecule has 186 valence electrons. The van der Waals surface area contributed by atoms with Crippen LogP contribution in [0.5, 0.6) is 5.75 Å². The van der Waals surface area contributed by atoms with Crippen LogP contribution < -0.4 is 15.4 Å². The number of nitrogens with one attached hydrogen (secondary N) is 2. The summed E-state index contributed by atoms with van der Waals surface area (Å²) < 4.78 is 10.8. The molecule has 2 unspecified atom stereocenters. The second kappa shape index (κ2) is 10.5. The Hall–Kier alpha value is -3.43. The van der Waals surface area contributed by atoms with Crippen LogP contribution in [-0.4, -0.2) is 67.1 Å². The summed E-state index contributed by atoms with van der Waals surface area (Å²) in [5, 5.41) is 5.54. The van der Waals surface area contributed by atoms with Crippen LogP contribution in [0.25, 0.3) is 0 Å². The van der Waals surface area contributed by atoms with E-state index in [0.717, 1.165) is 42.3 Å². The zero-order valence-corrected chi connectivity index (χ0v) is 20.4. The van der Waals surface area contributed by atoms with E-state index in [1.54, 1.807) is 38.3 Å². The maximum atomic E-state index is 13.1. The molecule has 9 heteroatoms. The fourth-order valence-electron chi connectivity index (χ4n) is 4.49. The van der Waals surface area contributed by atoms with Crippen molar-refractivity contribution in [1.82, 2.24) is 20.4 Å². The molecule has 0 aromatic heterocycles. The molecular formula is C26H32N4O5. The number of rotatable bonds is 8. The molecule has 2 fully saturated rings. The van der Waals surface area contributed by atoms with Gasteiger partial charge in [-0.2, -0.15) is 0 Å². The summed E-state index contributed by atoms with van der Waals surface area (Å²) in [5.74, 6) is -0.224. The molecule has 2 N–H and O–H groups in total. The zero-order chi connectivity index (χ0) is 25.0. The molecule has 2 aromatic rings. The van der Waals surface area contributed by atoms with Crippen LogP contribution in [0.2, 0.25) is 0 Å². The number of imide groups is 1. The Morgan fingerprint density at radius 3 is 2.66 bits per heavy atom. The highest BCUT2D eigenvalue weighted by atomic mass is 16.5. The highest BCUT2D eigenvalue weighted by Gasteiger charge is 2.49. The Morgan fingerprint density at radius 1 is 1.20 bits per heavy atom. The summed E-state index contributed by atoms with van der Waals surface area (Å²) in [4.78, 5) is 41.5. The molecule has 4 rings (SSSR count). The first-order valence-electron chi connectivity index (χ1n) is 11.8. The van der Waals surface area contributed by atoms with Crippen molar-refractivity contribution in [2.45, 2.75) is 38.6 Å². The molecule has 2 aromatic carbocycles. The van der Waals surface area contributed by atoms with Crippen LogP contribution in [0.3, 0.4) is 0 Å². The molecule has 2 aliphatic heterocycles. The molecule has 0 saturated carbocycles. The summed E-state index contributed by atoms with van der Waals surface area (Å²) in [6, 6.07) is 14.4. The third-order valence-corrected chi connectivity index (χ3v) is 6.46. The summed E-state index contributed by atoms with van der Waals surface area (Å²) in [6.45, 7) is 7.01. The molecule has 35 heavy (non-hydrogen) atoms. The number of hydrogen-bond donors (Lipinski definition) is 2. The summed E-state index contributed by atoms with van der Waals surface area (Å²) in [5.41, 5.74) is 1.49. The molecule has 0 bridgehead atoms. The van der Waals surface area contributed by atoms with Crippen LogP contribution in [0.1, 0.15) is 30.5 Å². The molecule has 0 radical (unpaired) electrons. The van der Waals surface area contributed by atoms with Crippen LogP contribution in [0.4, 0.5) is 4.79 Å². The van der Waals surface area contributed by atoms with E-state index in [0.29, 0.717) is 17.9 Å². The largest absolute Gasteiger partial charge is 0.497 e. The van der Waals surface area contributed by atoms with Crippen molar-refractivity contribution >= 4 is 17.8 Å². The second-order valence-corrected chi connectivity index (χ2v) is 9.19. The van der Waals surface area contributed by atoms with E-state index in [2.05, 4.69) is 34.6 Å². The quantitative estimate of drug-likeness (QED) is 0.561. The first-order valence-corrected chi connectivity index (χ1v) is 11.8. The van der Waals surface area contributed by atoms with E-state index < -0.39 is 23.4 Å². The van der Waals surface area contributed by atoms with Crippen LogP contribution in [0, 0.1) is 0 Å². The fraction of sp³-hybridized carbons (Fsp3) is 0.423. The monoisotopic (exact) mass is 480 g/mol. The second-order valence-electron chi connectivity index (χ2n) is 9.19. The average Bonchev–Trinajstić information content (AvgIpc) is 3.07. The Morgan fingerprint density at radius 2 is 1.94 bits per heavy atom. The van der Waals surface area contributed by atoms with Crippen molar-refractivity contribution in [3.63, 3.8) is 0 Å². The van der Waals surface area contributed by atoms with Gasteiger partial charge in [0.25, 0.3) is 5.91 Å². The van der Waals surface area contributed by atoms with Gasteiger partial charge in [0.15, 0.2) is 0 Å². The molecule has 2 heterocycles. The fourth-order valence-corrected chi connectivity index (χ4v) is 4.49. The number of amides is 4. The Balaban J connectivity index is 1.33. The number of carbonyl (C=O) groups is 3. The van der Waals surface area contributed by atoms with Crippen LogP contribution in [-0.2, 0) is 33.0 Å². The Labute approximate surface area is 205 Å². The van der Waals surface area contributed by atoms with E-state index >= 15 is 0 Å². The molecule has 4 amide bonds. The molecule has 2 aliphatic rings. The van der Waals surface area contributed by atoms with Gasteiger partial charge in [-0.25, -0.2) is 4.79 Å². The van der Waals surface area contributed by atoms with Gasteiger partial charge < -0.3 is 20.1 Å². The van der Waals surface area contributed by atoms with Crippen molar-refractivity contribution in [2.24, 2.45) is 0 Å². The van der Waals surface area contributed by atoms with Crippen molar-refractivity contribution < 1.29 is 23.9 Å². The lowest BCUT2D eigenvalue weighted by molar-refractivity contribution is -0.134. The highest BCUT2D eigenvalue weighted by molar-refractivity contribution is 6.09. The van der Waals surface area contributed by atoms with Gasteiger partial charge in [0.05, 0.1) is 19.8 Å². The molecule has 2 atom stereocenters. The SMILES string of the molecule is COc1ccc(C2(C)NC(=O)N(CC(=O)NCc3cccc(CN4CCOC(C)C4)c3)C2=O)cc1. The van der Waals surface area contributed by atoms with E-state index in [4.69, 9.17) is 9.47 Å². The summed E-state index contributed by atoms with van der Waals surface area (Å²) >= 11 is 0. The Bertz CT molecular complexity index is 1090. The molecular weight excluding hydrogens is 448 g/mol. The van der Waals surface area contributed by atoms with E-state index in [1.165, 1.54) is 0 Å². The lowest BCUT2D eigenvalue weighted by Crippen LogP contribution is -2.43. The van der Waals surface area contributed by atoms with E-state index in [-0.39, 0.29) is 12.6 Å². The lowest BCUT2D eigenvalue weighted by Gasteiger charge is -2.31. The van der Waals surface area contributed by atoms with Gasteiger partial charge in [0.1, 0.15) is 17.8 Å². The first kappa shape index (κ1) is 24.7. The number of benzene rings is 2. The number of hydrogen-bond acceptors (Lipinski definition) is 6. The van der Waals surface area contributed by atoms with Gasteiger partial charge in [-0.3, -0.25) is 19.4 Å². The minimum atomic E-state index is -1.24. The van der Waals surface area contributed by atoms with E-state index in [1.807, 2.05) is 12.1 Å². The maximum absolute atomic E-state index is 13.1. The number of ether oxygens (including phenoxy) is 2.